The van der Waals surface area contributed by atoms with Crippen LogP contribution in [0.4, 0.5) is 0 Å². The van der Waals surface area contributed by atoms with Gasteiger partial charge in [-0.25, -0.2) is 19.2 Å². The number of carboxylic acid groups (broad SMARTS) is 2. The number of carboxylic acids is 2. The summed E-state index contributed by atoms with van der Waals surface area (Å²) < 4.78 is 13.1. The third-order valence-electron chi connectivity index (χ3n) is 8.98. The van der Waals surface area contributed by atoms with Gasteiger partial charge in [0.15, 0.2) is 0 Å². The average molecular weight is 886 g/mol. The van der Waals surface area contributed by atoms with Crippen LogP contribution >= 0.6 is 0 Å². The number of hydrogen-bond donors (Lipinski definition) is 2. The number of rotatable bonds is 36. The van der Waals surface area contributed by atoms with E-state index in [9.17, 15) is 19.2 Å². The third-order valence-corrected chi connectivity index (χ3v) is 13.0. The fraction of sp³-hybridized carbons (Fsp3) is 0.826. The van der Waals surface area contributed by atoms with Gasteiger partial charge < -0.3 is 19.7 Å². The second kappa shape index (κ2) is 48.3. The molecular weight excluding hydrogens is 799 g/mol. The van der Waals surface area contributed by atoms with Crippen LogP contribution in [0.2, 0.25) is 8.87 Å². The first-order valence-corrected chi connectivity index (χ1v) is 26.4. The molecule has 0 saturated carbocycles. The molecule has 0 bridgehead atoms. The molecule has 0 aromatic heterocycles. The monoisotopic (exact) mass is 887 g/mol. The van der Waals surface area contributed by atoms with Gasteiger partial charge in [0.05, 0.1) is 13.2 Å². The zero-order chi connectivity index (χ0) is 41.6. The number of esters is 2. The quantitative estimate of drug-likeness (QED) is 0.0276. The molecule has 0 atom stereocenters. The molecule has 322 valence electrons. The fourth-order valence-corrected chi connectivity index (χ4v) is 9.75. The molecule has 0 aliphatic rings. The molecular formula is C46H86O8Sn. The molecule has 8 nitrogen and oxygen atoms in total. The van der Waals surface area contributed by atoms with Crippen LogP contribution in [-0.2, 0) is 28.7 Å². The molecule has 2 radical (unpaired) electrons. The topological polar surface area (TPSA) is 127 Å². The Morgan fingerprint density at radius 1 is 0.436 bits per heavy atom. The van der Waals surface area contributed by atoms with Gasteiger partial charge in [0.25, 0.3) is 0 Å². The summed E-state index contributed by atoms with van der Waals surface area (Å²) >= 11 is 0.149. The molecule has 0 unspecified atom stereocenters. The number of carbonyl (C=O) groups excluding carboxylic acids is 2. The zero-order valence-electron chi connectivity index (χ0n) is 36.5. The first kappa shape index (κ1) is 57.5. The molecule has 0 aliphatic heterocycles. The minimum absolute atomic E-state index is 0.149. The molecule has 2 N–H and O–H groups in total. The molecule has 55 heavy (non-hydrogen) atoms. The van der Waals surface area contributed by atoms with Crippen molar-refractivity contribution < 1.29 is 38.9 Å². The van der Waals surface area contributed by atoms with E-state index >= 15 is 0 Å². The van der Waals surface area contributed by atoms with E-state index in [1.54, 1.807) is 8.87 Å². The Morgan fingerprint density at radius 2 is 0.709 bits per heavy atom. The van der Waals surface area contributed by atoms with Crippen LogP contribution in [-0.4, -0.2) is 68.4 Å². The molecule has 0 aromatic rings. The van der Waals surface area contributed by atoms with Gasteiger partial charge in [-0.2, -0.15) is 0 Å². The first-order valence-electron chi connectivity index (χ1n) is 22.3. The Hall–Kier alpha value is -1.84. The Bertz CT molecular complexity index is 844. The molecule has 0 rings (SSSR count). The Morgan fingerprint density at radius 3 is 0.964 bits per heavy atom. The van der Waals surface area contributed by atoms with Crippen LogP contribution in [0, 0.1) is 11.8 Å². The van der Waals surface area contributed by atoms with Crippen molar-refractivity contribution in [1.82, 2.24) is 0 Å². The van der Waals surface area contributed by atoms with E-state index < -0.39 is 23.9 Å². The molecule has 0 heterocycles. The normalized spacial score (nSPS) is 11.1. The van der Waals surface area contributed by atoms with Crippen LogP contribution in [0.1, 0.15) is 208 Å². The summed E-state index contributed by atoms with van der Waals surface area (Å²) in [6, 6.07) is 0. The van der Waals surface area contributed by atoms with Crippen LogP contribution in [0.3, 0.4) is 0 Å². The Labute approximate surface area is 349 Å². The maximum atomic E-state index is 11.1. The van der Waals surface area contributed by atoms with Crippen molar-refractivity contribution in [3.05, 3.63) is 24.3 Å². The summed E-state index contributed by atoms with van der Waals surface area (Å²) in [4.78, 5) is 42.6. The van der Waals surface area contributed by atoms with E-state index in [1.807, 2.05) is 0 Å². The number of hydrogen-bond acceptors (Lipinski definition) is 6. The van der Waals surface area contributed by atoms with Gasteiger partial charge in [0.2, 0.25) is 0 Å². The molecule has 0 saturated heterocycles. The number of unbranched alkanes of at least 4 members (excludes halogenated alkanes) is 20. The van der Waals surface area contributed by atoms with Crippen molar-refractivity contribution >= 4 is 45.0 Å². The number of aliphatic carboxylic acids is 2. The van der Waals surface area contributed by atoms with Crippen molar-refractivity contribution in [3.63, 3.8) is 0 Å². The predicted molar refractivity (Wildman–Crippen MR) is 232 cm³/mol. The first-order chi connectivity index (χ1) is 26.5. The summed E-state index contributed by atoms with van der Waals surface area (Å²) in [7, 11) is 0. The number of carbonyl (C=O) groups is 4. The van der Waals surface area contributed by atoms with Gasteiger partial charge in [-0.05, 0) is 24.7 Å². The van der Waals surface area contributed by atoms with E-state index in [1.165, 1.54) is 141 Å². The van der Waals surface area contributed by atoms with Crippen molar-refractivity contribution in [2.45, 2.75) is 217 Å². The SMILES string of the molecule is CC(C)CCCCCCCCCCCCOC(=O)/C=C/C(=O)O.CC(C)CCCCCCCCCCCCOC(=O)/C=C/C(=O)O.CCC[CH2][Sn][CH2]CCC. The average Bonchev–Trinajstić information content (AvgIpc) is 3.14. The standard InChI is InChI=1S/2C19H34O4.2C4H9.Sn/c2*1-17(2)13-11-9-7-5-3-4-6-8-10-12-16-23-19(22)15-14-18(20)21;2*1-3-4-2;/h2*14-15,17H,3-13,16H2,1-2H3,(H,20,21);2*1,3-4H2,2H3;/b2*15-14+;;;. The molecule has 0 aliphatic carbocycles. The predicted octanol–water partition coefficient (Wildman–Crippen LogP) is 13.4. The second-order valence-corrected chi connectivity index (χ2v) is 19.9. The van der Waals surface area contributed by atoms with Gasteiger partial charge in [0.1, 0.15) is 0 Å². The molecule has 0 spiro atoms. The van der Waals surface area contributed by atoms with E-state index in [2.05, 4.69) is 41.5 Å². The summed E-state index contributed by atoms with van der Waals surface area (Å²) in [5, 5.41) is 16.7. The zero-order valence-corrected chi connectivity index (χ0v) is 39.4. The molecule has 9 heteroatoms. The fourth-order valence-electron chi connectivity index (χ4n) is 5.59. The molecule has 0 amide bonds. The minimum atomic E-state index is -1.14. The Balaban J connectivity index is -0.000000805. The maximum absolute atomic E-state index is 11.1. The van der Waals surface area contributed by atoms with Gasteiger partial charge in [-0.3, -0.25) is 0 Å². The van der Waals surface area contributed by atoms with Crippen molar-refractivity contribution in [3.8, 4) is 0 Å². The summed E-state index contributed by atoms with van der Waals surface area (Å²) in [5.74, 6) is -1.76. The van der Waals surface area contributed by atoms with Crippen LogP contribution in [0.25, 0.3) is 0 Å². The van der Waals surface area contributed by atoms with E-state index in [-0.39, 0.29) is 21.1 Å². The molecule has 0 fully saturated rings. The van der Waals surface area contributed by atoms with Gasteiger partial charge in [-0.1, -0.05) is 156 Å². The van der Waals surface area contributed by atoms with Crippen molar-refractivity contribution in [2.75, 3.05) is 13.2 Å². The third kappa shape index (κ3) is 61.6. The van der Waals surface area contributed by atoms with E-state index in [4.69, 9.17) is 19.7 Å². The summed E-state index contributed by atoms with van der Waals surface area (Å²) in [6.45, 7) is 14.5. The second-order valence-electron chi connectivity index (χ2n) is 15.6. The van der Waals surface area contributed by atoms with Crippen molar-refractivity contribution in [2.24, 2.45) is 11.8 Å². The summed E-state index contributed by atoms with van der Waals surface area (Å²) in [5.41, 5.74) is 0. The van der Waals surface area contributed by atoms with Gasteiger partial charge in [0, 0.05) is 24.3 Å². The van der Waals surface area contributed by atoms with E-state index in [0.29, 0.717) is 13.2 Å². The van der Waals surface area contributed by atoms with Gasteiger partial charge >= 0.3 is 93.4 Å². The van der Waals surface area contributed by atoms with Crippen molar-refractivity contribution in [1.29, 1.82) is 0 Å². The van der Waals surface area contributed by atoms with Crippen LogP contribution in [0.5, 0.6) is 0 Å². The molecule has 0 aromatic carbocycles. The summed E-state index contributed by atoms with van der Waals surface area (Å²) in [6.07, 6.45) is 36.9. The number of ether oxygens (including phenoxy) is 2. The van der Waals surface area contributed by atoms with E-state index in [0.717, 1.165) is 61.8 Å². The van der Waals surface area contributed by atoms with Crippen LogP contribution < -0.4 is 0 Å². The van der Waals surface area contributed by atoms with Crippen LogP contribution in [0.15, 0.2) is 24.3 Å². The van der Waals surface area contributed by atoms with Gasteiger partial charge in [-0.15, -0.1) is 0 Å². The Kier molecular flexibility index (Phi) is 50.5.